The van der Waals surface area contributed by atoms with E-state index in [1.807, 2.05) is 5.38 Å². The van der Waals surface area contributed by atoms with E-state index in [1.54, 1.807) is 49.7 Å². The van der Waals surface area contributed by atoms with Gasteiger partial charge in [0, 0.05) is 49.3 Å². The van der Waals surface area contributed by atoms with Crippen molar-refractivity contribution >= 4 is 29.0 Å². The highest BCUT2D eigenvalue weighted by molar-refractivity contribution is 7.13. The second-order valence-electron chi connectivity index (χ2n) is 6.92. The van der Waals surface area contributed by atoms with Gasteiger partial charge in [0.2, 0.25) is 0 Å². The first kappa shape index (κ1) is 20.5. The minimum atomic E-state index is -0.312. The summed E-state index contributed by atoms with van der Waals surface area (Å²) in [6.45, 7) is 2.53. The average molecular weight is 409 g/mol. The summed E-state index contributed by atoms with van der Waals surface area (Å²) in [5, 5.41) is 8.58. The normalized spacial score (nSPS) is 10.4. The van der Waals surface area contributed by atoms with Crippen molar-refractivity contribution in [2.45, 2.75) is 13.3 Å². The van der Waals surface area contributed by atoms with Crippen LogP contribution in [0.25, 0.3) is 10.6 Å². The van der Waals surface area contributed by atoms with Crippen LogP contribution < -0.4 is 10.6 Å². The van der Waals surface area contributed by atoms with E-state index in [-0.39, 0.29) is 11.9 Å². The molecule has 1 heterocycles. The van der Waals surface area contributed by atoms with Gasteiger partial charge in [-0.2, -0.15) is 0 Å². The smallest absolute Gasteiger partial charge is 0.319 e. The van der Waals surface area contributed by atoms with Gasteiger partial charge < -0.3 is 15.5 Å². The highest BCUT2D eigenvalue weighted by Gasteiger charge is 2.10. The zero-order valence-electron chi connectivity index (χ0n) is 16.7. The van der Waals surface area contributed by atoms with E-state index in [0.29, 0.717) is 24.2 Å². The van der Waals surface area contributed by atoms with Gasteiger partial charge in [-0.05, 0) is 25.1 Å². The molecule has 150 valence electrons. The highest BCUT2D eigenvalue weighted by atomic mass is 32.1. The average Bonchev–Trinajstić information content (AvgIpc) is 3.17. The fourth-order valence-electron chi connectivity index (χ4n) is 2.72. The van der Waals surface area contributed by atoms with Gasteiger partial charge in [-0.15, -0.1) is 11.3 Å². The number of carbonyl (C=O) groups excluding carboxylic acids is 2. The van der Waals surface area contributed by atoms with E-state index in [2.05, 4.69) is 46.8 Å². The Morgan fingerprint density at radius 1 is 1.10 bits per heavy atom. The highest BCUT2D eigenvalue weighted by Crippen LogP contribution is 2.24. The molecule has 3 aromatic rings. The molecule has 0 saturated heterocycles. The predicted molar refractivity (Wildman–Crippen MR) is 117 cm³/mol. The molecule has 2 aromatic carbocycles. The number of aromatic nitrogens is 1. The van der Waals surface area contributed by atoms with Gasteiger partial charge in [-0.25, -0.2) is 9.78 Å². The zero-order chi connectivity index (χ0) is 20.8. The summed E-state index contributed by atoms with van der Waals surface area (Å²) in [7, 11) is 3.38. The Labute approximate surface area is 174 Å². The maximum absolute atomic E-state index is 12.1. The second-order valence-corrected chi connectivity index (χ2v) is 7.78. The molecule has 0 spiro atoms. The van der Waals surface area contributed by atoms with Gasteiger partial charge in [0.05, 0.1) is 5.69 Å². The maximum atomic E-state index is 12.1. The molecule has 1 aromatic heterocycles. The summed E-state index contributed by atoms with van der Waals surface area (Å²) in [5.74, 6) is -0.109. The predicted octanol–water partition coefficient (Wildman–Crippen LogP) is 4.18. The molecule has 0 aliphatic heterocycles. The van der Waals surface area contributed by atoms with E-state index in [4.69, 9.17) is 0 Å². The third-order valence-electron chi connectivity index (χ3n) is 4.29. The van der Waals surface area contributed by atoms with E-state index < -0.39 is 0 Å². The number of urea groups is 1. The van der Waals surface area contributed by atoms with E-state index in [9.17, 15) is 9.59 Å². The summed E-state index contributed by atoms with van der Waals surface area (Å²) in [4.78, 5) is 30.3. The first-order valence-electron chi connectivity index (χ1n) is 9.30. The zero-order valence-corrected chi connectivity index (χ0v) is 17.5. The van der Waals surface area contributed by atoms with Gasteiger partial charge in [0.25, 0.3) is 5.91 Å². The largest absolute Gasteiger partial charge is 0.345 e. The van der Waals surface area contributed by atoms with Gasteiger partial charge in [-0.3, -0.25) is 4.79 Å². The summed E-state index contributed by atoms with van der Waals surface area (Å²) >= 11 is 1.60. The minimum absolute atomic E-state index is 0.109. The Kier molecular flexibility index (Phi) is 6.61. The monoisotopic (exact) mass is 408 g/mol. The first-order chi connectivity index (χ1) is 13.9. The number of aryl methyl sites for hydroxylation is 1. The second kappa shape index (κ2) is 9.34. The molecule has 6 nitrogen and oxygen atoms in total. The number of benzene rings is 2. The Hall–Kier alpha value is -3.19. The van der Waals surface area contributed by atoms with Crippen LogP contribution in [0.4, 0.5) is 10.5 Å². The number of anilines is 1. The molecule has 0 unspecified atom stereocenters. The van der Waals surface area contributed by atoms with E-state index in [1.165, 1.54) is 10.5 Å². The molecule has 29 heavy (non-hydrogen) atoms. The lowest BCUT2D eigenvalue weighted by Crippen LogP contribution is -2.30. The van der Waals surface area contributed by atoms with E-state index >= 15 is 0 Å². The van der Waals surface area contributed by atoms with Crippen molar-refractivity contribution < 1.29 is 9.59 Å². The number of amides is 3. The van der Waals surface area contributed by atoms with Gasteiger partial charge in [0.1, 0.15) is 5.01 Å². The lowest BCUT2D eigenvalue weighted by molar-refractivity contribution is 0.0827. The fraction of sp³-hybridized carbons (Fsp3) is 0.227. The van der Waals surface area contributed by atoms with E-state index in [0.717, 1.165) is 16.3 Å². The molecule has 0 radical (unpaired) electrons. The van der Waals surface area contributed by atoms with Gasteiger partial charge >= 0.3 is 6.03 Å². The van der Waals surface area contributed by atoms with Crippen LogP contribution in [0.3, 0.4) is 0 Å². The van der Waals surface area contributed by atoms with Crippen LogP contribution >= 0.6 is 11.3 Å². The third-order valence-corrected chi connectivity index (χ3v) is 5.23. The molecular formula is C22H24N4O2S. The molecule has 7 heteroatoms. The van der Waals surface area contributed by atoms with Gasteiger partial charge in [-0.1, -0.05) is 35.9 Å². The van der Waals surface area contributed by atoms with Crippen LogP contribution in [0.5, 0.6) is 0 Å². The van der Waals surface area contributed by atoms with Crippen molar-refractivity contribution in [1.29, 1.82) is 0 Å². The number of hydrogen-bond donors (Lipinski definition) is 2. The minimum Gasteiger partial charge on any atom is -0.345 e. The van der Waals surface area contributed by atoms with Crippen LogP contribution in [-0.4, -0.2) is 42.5 Å². The molecule has 0 bridgehead atoms. The van der Waals surface area contributed by atoms with Gasteiger partial charge in [0.15, 0.2) is 0 Å². The number of hydrogen-bond acceptors (Lipinski definition) is 4. The molecule has 3 amide bonds. The Morgan fingerprint density at radius 2 is 1.86 bits per heavy atom. The number of carbonyl (C=O) groups is 2. The molecule has 0 atom stereocenters. The molecule has 0 aliphatic rings. The SMILES string of the molecule is Cc1ccc(-c2nc(CCNC(=O)Nc3cccc(C(=O)N(C)C)c3)cs2)cc1. The third kappa shape index (κ3) is 5.65. The molecule has 3 rings (SSSR count). The van der Waals surface area contributed by atoms with Crippen LogP contribution in [0.1, 0.15) is 21.6 Å². The van der Waals surface area contributed by atoms with Crippen LogP contribution in [0, 0.1) is 6.92 Å². The Morgan fingerprint density at radius 3 is 2.59 bits per heavy atom. The molecule has 0 aliphatic carbocycles. The Bertz CT molecular complexity index is 996. The van der Waals surface area contributed by atoms with Crippen molar-refractivity contribution in [3.63, 3.8) is 0 Å². The van der Waals surface area contributed by atoms with Crippen LogP contribution in [0.15, 0.2) is 53.9 Å². The lowest BCUT2D eigenvalue weighted by Gasteiger charge is -2.12. The standard InChI is InChI=1S/C22H24N4O2S/c1-15-7-9-16(10-8-15)20-24-19(14-29-20)11-12-23-22(28)25-18-6-4-5-17(13-18)21(27)26(2)3/h4-10,13-14H,11-12H2,1-3H3,(H2,23,25,28). The maximum Gasteiger partial charge on any atom is 0.319 e. The molecule has 0 saturated carbocycles. The van der Waals surface area contributed by atoms with Crippen LogP contribution in [0.2, 0.25) is 0 Å². The summed E-state index contributed by atoms with van der Waals surface area (Å²) in [6, 6.07) is 14.8. The van der Waals surface area contributed by atoms with Crippen molar-refractivity contribution in [3.8, 4) is 10.6 Å². The molecule has 0 fully saturated rings. The van der Waals surface area contributed by atoms with Crippen molar-refractivity contribution in [1.82, 2.24) is 15.2 Å². The van der Waals surface area contributed by atoms with Crippen molar-refractivity contribution in [2.24, 2.45) is 0 Å². The number of nitrogens with one attached hydrogen (secondary N) is 2. The number of nitrogens with zero attached hydrogens (tertiary/aromatic N) is 2. The number of thiazole rings is 1. The summed E-state index contributed by atoms with van der Waals surface area (Å²) in [5.41, 5.74) is 4.37. The Balaban J connectivity index is 1.50. The van der Waals surface area contributed by atoms with Crippen LogP contribution in [-0.2, 0) is 6.42 Å². The summed E-state index contributed by atoms with van der Waals surface area (Å²) < 4.78 is 0. The first-order valence-corrected chi connectivity index (χ1v) is 10.2. The topological polar surface area (TPSA) is 74.3 Å². The summed E-state index contributed by atoms with van der Waals surface area (Å²) in [6.07, 6.45) is 0.648. The number of rotatable bonds is 6. The lowest BCUT2D eigenvalue weighted by atomic mass is 10.2. The molecule has 2 N–H and O–H groups in total. The van der Waals surface area contributed by atoms with Crippen molar-refractivity contribution in [2.75, 3.05) is 26.0 Å². The quantitative estimate of drug-likeness (QED) is 0.642. The fourth-order valence-corrected chi connectivity index (χ4v) is 3.58. The van der Waals surface area contributed by atoms with Crippen molar-refractivity contribution in [3.05, 3.63) is 70.7 Å². The molecular weight excluding hydrogens is 384 g/mol.